The fourth-order valence-electron chi connectivity index (χ4n) is 6.69. The van der Waals surface area contributed by atoms with Gasteiger partial charge in [0.25, 0.3) is 11.8 Å². The smallest absolute Gasteiger partial charge is 0.253 e. The molecule has 3 saturated carbocycles. The molecule has 0 unspecified atom stereocenters. The topological polar surface area (TPSA) is 116 Å². The number of rotatable bonds is 8. The van der Waals surface area contributed by atoms with Crippen LogP contribution in [0.25, 0.3) is 0 Å². The standard InChI is InChI=1S/C34H44N4O4/c39-31(37-29-17-9-7-15-27(29)33(41)35-25-11-3-1-4-12-25)23-19-21-24(22-20-23)32(40)38-30-18-10-8-16-28(30)34(42)36-26-13-5-2-6-14-26/h7-10,15-18,23-26H,1-6,11-14,19-22H2,(H,35,41)(H,36,42)(H,37,39)(H,38,40). The number of para-hydroxylation sites is 2. The maximum absolute atomic E-state index is 13.2. The van der Waals surface area contributed by atoms with E-state index < -0.39 is 0 Å². The molecule has 0 atom stereocenters. The minimum absolute atomic E-state index is 0.114. The number of hydrogen-bond donors (Lipinski definition) is 4. The van der Waals surface area contributed by atoms with Crippen LogP contribution in [-0.4, -0.2) is 35.7 Å². The Morgan fingerprint density at radius 1 is 0.476 bits per heavy atom. The van der Waals surface area contributed by atoms with Crippen molar-refractivity contribution < 1.29 is 19.2 Å². The summed E-state index contributed by atoms with van der Waals surface area (Å²) in [4.78, 5) is 52.4. The van der Waals surface area contributed by atoms with Gasteiger partial charge in [0, 0.05) is 23.9 Å². The van der Waals surface area contributed by atoms with Crippen molar-refractivity contribution in [3.8, 4) is 0 Å². The second-order valence-electron chi connectivity index (χ2n) is 12.2. The molecule has 0 heterocycles. The molecule has 0 aromatic heterocycles. The average molecular weight is 573 g/mol. The van der Waals surface area contributed by atoms with E-state index in [9.17, 15) is 19.2 Å². The van der Waals surface area contributed by atoms with Crippen LogP contribution >= 0.6 is 0 Å². The van der Waals surface area contributed by atoms with E-state index in [1.54, 1.807) is 24.3 Å². The van der Waals surface area contributed by atoms with Crippen LogP contribution in [0.5, 0.6) is 0 Å². The molecule has 2 aromatic carbocycles. The highest BCUT2D eigenvalue weighted by molar-refractivity contribution is 6.05. The second-order valence-corrected chi connectivity index (χ2v) is 12.2. The first kappa shape index (κ1) is 29.8. The van der Waals surface area contributed by atoms with Crippen LogP contribution in [-0.2, 0) is 9.59 Å². The van der Waals surface area contributed by atoms with E-state index in [0.29, 0.717) is 48.2 Å². The first-order valence-electron chi connectivity index (χ1n) is 15.9. The summed E-state index contributed by atoms with van der Waals surface area (Å²) in [5.74, 6) is -0.973. The predicted octanol–water partition coefficient (Wildman–Crippen LogP) is 6.20. The summed E-state index contributed by atoms with van der Waals surface area (Å²) >= 11 is 0. The zero-order valence-electron chi connectivity index (χ0n) is 24.5. The molecule has 0 saturated heterocycles. The molecule has 4 N–H and O–H groups in total. The van der Waals surface area contributed by atoms with Crippen LogP contribution in [0.4, 0.5) is 11.4 Å². The fourth-order valence-corrected chi connectivity index (χ4v) is 6.69. The Bertz CT molecular complexity index is 1160. The fraction of sp³-hybridized carbons (Fsp3) is 0.529. The van der Waals surface area contributed by atoms with Gasteiger partial charge in [0.15, 0.2) is 0 Å². The van der Waals surface area contributed by atoms with Gasteiger partial charge in [-0.05, 0) is 75.6 Å². The Balaban J connectivity index is 1.13. The zero-order valence-corrected chi connectivity index (χ0v) is 24.5. The van der Waals surface area contributed by atoms with E-state index in [4.69, 9.17) is 0 Å². The van der Waals surface area contributed by atoms with Crippen LogP contribution in [0, 0.1) is 11.8 Å². The quantitative estimate of drug-likeness (QED) is 0.302. The van der Waals surface area contributed by atoms with Gasteiger partial charge in [-0.25, -0.2) is 0 Å². The van der Waals surface area contributed by atoms with Crippen molar-refractivity contribution >= 4 is 35.0 Å². The van der Waals surface area contributed by atoms with Gasteiger partial charge < -0.3 is 21.3 Å². The summed E-state index contributed by atoms with van der Waals surface area (Å²) in [6.45, 7) is 0. The lowest BCUT2D eigenvalue weighted by Crippen LogP contribution is -2.37. The van der Waals surface area contributed by atoms with Crippen molar-refractivity contribution in [1.29, 1.82) is 0 Å². The van der Waals surface area contributed by atoms with Crippen molar-refractivity contribution in [2.45, 2.75) is 102 Å². The van der Waals surface area contributed by atoms with Crippen molar-refractivity contribution in [3.05, 3.63) is 59.7 Å². The molecule has 3 aliphatic rings. The van der Waals surface area contributed by atoms with Gasteiger partial charge in [-0.3, -0.25) is 19.2 Å². The molecule has 0 spiro atoms. The highest BCUT2D eigenvalue weighted by Gasteiger charge is 2.31. The zero-order chi connectivity index (χ0) is 29.3. The van der Waals surface area contributed by atoms with Crippen LogP contribution < -0.4 is 21.3 Å². The average Bonchev–Trinajstić information content (AvgIpc) is 3.02. The number of anilines is 2. The summed E-state index contributed by atoms with van der Waals surface area (Å²) in [7, 11) is 0. The Labute approximate surface area is 248 Å². The summed E-state index contributed by atoms with van der Waals surface area (Å²) in [5, 5.41) is 12.3. The monoisotopic (exact) mass is 572 g/mol. The highest BCUT2D eigenvalue weighted by atomic mass is 16.2. The summed E-state index contributed by atoms with van der Waals surface area (Å²) in [6.07, 6.45) is 13.3. The largest absolute Gasteiger partial charge is 0.349 e. The van der Waals surface area contributed by atoms with E-state index in [1.807, 2.05) is 24.3 Å². The lowest BCUT2D eigenvalue weighted by atomic mass is 9.81. The lowest BCUT2D eigenvalue weighted by molar-refractivity contribution is -0.125. The van der Waals surface area contributed by atoms with Crippen LogP contribution in [0.15, 0.2) is 48.5 Å². The molecule has 224 valence electrons. The third-order valence-corrected chi connectivity index (χ3v) is 9.21. The van der Waals surface area contributed by atoms with E-state index in [1.165, 1.54) is 12.8 Å². The van der Waals surface area contributed by atoms with Crippen molar-refractivity contribution in [3.63, 3.8) is 0 Å². The molecule has 5 rings (SSSR count). The van der Waals surface area contributed by atoms with Crippen LogP contribution in [0.1, 0.15) is 111 Å². The normalized spacial score (nSPS) is 21.6. The number of benzene rings is 2. The molecular weight excluding hydrogens is 528 g/mol. The van der Waals surface area contributed by atoms with Gasteiger partial charge in [0.1, 0.15) is 0 Å². The highest BCUT2D eigenvalue weighted by Crippen LogP contribution is 2.32. The van der Waals surface area contributed by atoms with E-state index in [0.717, 1.165) is 51.4 Å². The maximum Gasteiger partial charge on any atom is 0.253 e. The van der Waals surface area contributed by atoms with Crippen molar-refractivity contribution in [2.75, 3.05) is 10.6 Å². The third-order valence-electron chi connectivity index (χ3n) is 9.21. The predicted molar refractivity (Wildman–Crippen MR) is 164 cm³/mol. The van der Waals surface area contributed by atoms with Gasteiger partial charge >= 0.3 is 0 Å². The van der Waals surface area contributed by atoms with Crippen LogP contribution in [0.2, 0.25) is 0 Å². The van der Waals surface area contributed by atoms with Crippen LogP contribution in [0.3, 0.4) is 0 Å². The minimum atomic E-state index is -0.225. The molecule has 4 amide bonds. The second kappa shape index (κ2) is 14.5. The Hall–Kier alpha value is -3.68. The number of amides is 4. The molecule has 8 heteroatoms. The molecule has 0 aliphatic heterocycles. The summed E-state index contributed by atoms with van der Waals surface area (Å²) in [5.41, 5.74) is 2.02. The van der Waals surface area contributed by atoms with Gasteiger partial charge in [-0.1, -0.05) is 62.8 Å². The molecule has 0 bridgehead atoms. The molecule has 0 radical (unpaired) electrons. The first-order valence-corrected chi connectivity index (χ1v) is 15.9. The number of carbonyl (C=O) groups excluding carboxylic acids is 4. The van der Waals surface area contributed by atoms with E-state index in [2.05, 4.69) is 21.3 Å². The van der Waals surface area contributed by atoms with Gasteiger partial charge in [0.05, 0.1) is 22.5 Å². The lowest BCUT2D eigenvalue weighted by Gasteiger charge is -2.28. The molecule has 42 heavy (non-hydrogen) atoms. The molecule has 3 aliphatic carbocycles. The molecular formula is C34H44N4O4. The van der Waals surface area contributed by atoms with Crippen molar-refractivity contribution in [1.82, 2.24) is 10.6 Å². The van der Waals surface area contributed by atoms with Gasteiger partial charge in [0.2, 0.25) is 11.8 Å². The summed E-state index contributed by atoms with van der Waals surface area (Å²) < 4.78 is 0. The van der Waals surface area contributed by atoms with Crippen molar-refractivity contribution in [2.24, 2.45) is 11.8 Å². The Morgan fingerprint density at radius 3 is 1.21 bits per heavy atom. The SMILES string of the molecule is O=C(NC1CCCCC1)c1ccccc1NC(=O)C1CCC(C(=O)Nc2ccccc2C(=O)NC2CCCCC2)CC1. The molecule has 3 fully saturated rings. The first-order chi connectivity index (χ1) is 20.5. The number of carbonyl (C=O) groups is 4. The number of hydrogen-bond acceptors (Lipinski definition) is 4. The van der Waals surface area contributed by atoms with Gasteiger partial charge in [-0.2, -0.15) is 0 Å². The molecule has 2 aromatic rings. The maximum atomic E-state index is 13.2. The molecule has 8 nitrogen and oxygen atoms in total. The Kier molecular flexibility index (Phi) is 10.3. The summed E-state index contributed by atoms with van der Waals surface area (Å²) in [6, 6.07) is 14.7. The third kappa shape index (κ3) is 7.78. The van der Waals surface area contributed by atoms with Gasteiger partial charge in [-0.15, -0.1) is 0 Å². The van der Waals surface area contributed by atoms with E-state index >= 15 is 0 Å². The van der Waals surface area contributed by atoms with E-state index in [-0.39, 0.29) is 47.5 Å². The Morgan fingerprint density at radius 2 is 0.833 bits per heavy atom. The minimum Gasteiger partial charge on any atom is -0.349 e. The number of nitrogens with one attached hydrogen (secondary N) is 4.